The average Bonchev–Trinajstić information content (AvgIpc) is 2.65. The molecule has 0 unspecified atom stereocenters. The van der Waals surface area contributed by atoms with Crippen LogP contribution in [-0.4, -0.2) is 10.2 Å². The lowest BCUT2D eigenvalue weighted by Crippen LogP contribution is -2.13. The molecule has 0 heterocycles. The van der Waals surface area contributed by atoms with Gasteiger partial charge >= 0.3 is 0 Å². The summed E-state index contributed by atoms with van der Waals surface area (Å²) in [5.74, 6) is 0.805. The molecule has 0 saturated heterocycles. The van der Waals surface area contributed by atoms with Gasteiger partial charge in [0.05, 0.1) is 0 Å². The van der Waals surface area contributed by atoms with Crippen LogP contribution in [0.25, 0.3) is 0 Å². The molecule has 2 N–H and O–H groups in total. The van der Waals surface area contributed by atoms with Crippen LogP contribution in [-0.2, 0) is 23.7 Å². The number of hydrogen-bond donors (Lipinski definition) is 2. The number of aryl methyl sites for hydroxylation is 2. The third-order valence-electron chi connectivity index (χ3n) is 6.06. The third-order valence-corrected chi connectivity index (χ3v) is 6.06. The minimum atomic E-state index is -0.111. The van der Waals surface area contributed by atoms with Crippen molar-refractivity contribution in [1.29, 1.82) is 0 Å². The first-order chi connectivity index (χ1) is 14.8. The summed E-state index contributed by atoms with van der Waals surface area (Å²) in [5, 5.41) is 21.9. The van der Waals surface area contributed by atoms with Gasteiger partial charge in [-0.2, -0.15) is 0 Å². The Hall–Kier alpha value is -2.74. The van der Waals surface area contributed by atoms with Crippen molar-refractivity contribution in [3.05, 3.63) is 93.0 Å². The van der Waals surface area contributed by atoms with E-state index in [1.807, 2.05) is 0 Å². The highest BCUT2D eigenvalue weighted by Crippen LogP contribution is 2.37. The van der Waals surface area contributed by atoms with E-state index in [0.717, 1.165) is 33.4 Å². The van der Waals surface area contributed by atoms with E-state index in [1.165, 1.54) is 11.1 Å². The second-order valence-electron chi connectivity index (χ2n) is 11.3. The van der Waals surface area contributed by atoms with E-state index in [9.17, 15) is 10.2 Å². The molecule has 0 radical (unpaired) electrons. The largest absolute Gasteiger partial charge is 0.507 e. The monoisotopic (exact) mass is 430 g/mol. The van der Waals surface area contributed by atoms with Gasteiger partial charge in [0.2, 0.25) is 0 Å². The quantitative estimate of drug-likeness (QED) is 0.450. The first-order valence-corrected chi connectivity index (χ1v) is 11.5. The van der Waals surface area contributed by atoms with Gasteiger partial charge in [-0.25, -0.2) is 0 Å². The molecule has 0 aromatic heterocycles. The average molecular weight is 431 g/mol. The molecule has 0 aliphatic carbocycles. The summed E-state index contributed by atoms with van der Waals surface area (Å²) < 4.78 is 0. The number of hydrogen-bond acceptors (Lipinski definition) is 2. The van der Waals surface area contributed by atoms with E-state index in [0.29, 0.717) is 24.3 Å². The van der Waals surface area contributed by atoms with Crippen molar-refractivity contribution in [2.24, 2.45) is 0 Å². The molecule has 0 bridgehead atoms. The van der Waals surface area contributed by atoms with Crippen LogP contribution in [0.2, 0.25) is 0 Å². The molecule has 3 aromatic carbocycles. The number of benzene rings is 3. The lowest BCUT2D eigenvalue weighted by atomic mass is 9.83. The van der Waals surface area contributed by atoms with E-state index in [2.05, 4.69) is 104 Å². The lowest BCUT2D eigenvalue weighted by Gasteiger charge is -2.23. The van der Waals surface area contributed by atoms with Gasteiger partial charge in [-0.1, -0.05) is 101 Å². The molecule has 170 valence electrons. The zero-order valence-electron chi connectivity index (χ0n) is 20.9. The highest BCUT2D eigenvalue weighted by Gasteiger charge is 2.22. The molecule has 2 heteroatoms. The van der Waals surface area contributed by atoms with Crippen molar-refractivity contribution in [2.45, 2.75) is 79.1 Å². The van der Waals surface area contributed by atoms with Crippen LogP contribution >= 0.6 is 0 Å². The Morgan fingerprint density at radius 2 is 0.969 bits per heavy atom. The van der Waals surface area contributed by atoms with E-state index in [4.69, 9.17) is 0 Å². The smallest absolute Gasteiger partial charge is 0.122 e. The van der Waals surface area contributed by atoms with Crippen LogP contribution in [0.4, 0.5) is 0 Å². The summed E-state index contributed by atoms with van der Waals surface area (Å²) in [6.07, 6.45) is 1.36. The van der Waals surface area contributed by atoms with E-state index < -0.39 is 0 Å². The maximum Gasteiger partial charge on any atom is 0.122 e. The zero-order chi connectivity index (χ0) is 23.8. The number of phenols is 2. The first kappa shape index (κ1) is 23.9. The Morgan fingerprint density at radius 3 is 1.31 bits per heavy atom. The second kappa shape index (κ2) is 8.65. The molecule has 3 rings (SSSR count). The van der Waals surface area contributed by atoms with Crippen LogP contribution < -0.4 is 0 Å². The van der Waals surface area contributed by atoms with Crippen molar-refractivity contribution < 1.29 is 10.2 Å². The van der Waals surface area contributed by atoms with Crippen LogP contribution in [0.15, 0.2) is 48.5 Å². The molecule has 0 spiro atoms. The summed E-state index contributed by atoms with van der Waals surface area (Å²) in [6.45, 7) is 17.0. The van der Waals surface area contributed by atoms with Gasteiger partial charge in [-0.15, -0.1) is 0 Å². The predicted molar refractivity (Wildman–Crippen MR) is 135 cm³/mol. The summed E-state index contributed by atoms with van der Waals surface area (Å²) in [6, 6.07) is 16.8. The van der Waals surface area contributed by atoms with Gasteiger partial charge in [0.25, 0.3) is 0 Å². The Balaban J connectivity index is 1.93. The molecular formula is C30H38O2. The first-order valence-electron chi connectivity index (χ1n) is 11.5. The van der Waals surface area contributed by atoms with Crippen molar-refractivity contribution >= 4 is 0 Å². The molecule has 0 saturated carbocycles. The Labute approximate surface area is 194 Å². The van der Waals surface area contributed by atoms with Gasteiger partial charge in [-0.3, -0.25) is 0 Å². The Kier molecular flexibility index (Phi) is 6.47. The predicted octanol–water partition coefficient (Wildman–Crippen LogP) is 7.49. The van der Waals surface area contributed by atoms with Crippen LogP contribution in [0.1, 0.15) is 86.1 Å². The van der Waals surface area contributed by atoms with Gasteiger partial charge in [0, 0.05) is 12.8 Å². The number of phenolic OH excluding ortho intramolecular Hbond substituents is 2. The Bertz CT molecular complexity index is 1040. The van der Waals surface area contributed by atoms with Crippen molar-refractivity contribution in [1.82, 2.24) is 0 Å². The second-order valence-corrected chi connectivity index (χ2v) is 11.3. The molecule has 0 amide bonds. The fourth-order valence-corrected chi connectivity index (χ4v) is 4.41. The van der Waals surface area contributed by atoms with Crippen LogP contribution in [0.5, 0.6) is 11.5 Å². The fraction of sp³-hybridized carbons (Fsp3) is 0.400. The molecule has 0 atom stereocenters. The van der Waals surface area contributed by atoms with Crippen molar-refractivity contribution in [3.63, 3.8) is 0 Å². The van der Waals surface area contributed by atoms with E-state index in [-0.39, 0.29) is 10.8 Å². The maximum absolute atomic E-state index is 11.0. The summed E-state index contributed by atoms with van der Waals surface area (Å²) >= 11 is 0. The summed E-state index contributed by atoms with van der Waals surface area (Å²) in [7, 11) is 0. The van der Waals surface area contributed by atoms with Crippen molar-refractivity contribution in [3.8, 4) is 11.5 Å². The highest BCUT2D eigenvalue weighted by molar-refractivity contribution is 5.50. The van der Waals surface area contributed by atoms with Crippen LogP contribution in [0.3, 0.4) is 0 Å². The van der Waals surface area contributed by atoms with E-state index in [1.54, 1.807) is 0 Å². The molecule has 3 aromatic rings. The fourth-order valence-electron chi connectivity index (χ4n) is 4.41. The maximum atomic E-state index is 11.0. The van der Waals surface area contributed by atoms with Gasteiger partial charge in [0.1, 0.15) is 11.5 Å². The number of rotatable bonds is 4. The minimum Gasteiger partial charge on any atom is -0.507 e. The van der Waals surface area contributed by atoms with E-state index >= 15 is 0 Å². The molecular weight excluding hydrogens is 392 g/mol. The lowest BCUT2D eigenvalue weighted by molar-refractivity contribution is 0.440. The molecule has 0 aliphatic rings. The van der Waals surface area contributed by atoms with Crippen molar-refractivity contribution in [2.75, 3.05) is 0 Å². The molecule has 32 heavy (non-hydrogen) atoms. The third kappa shape index (κ3) is 5.35. The molecule has 2 nitrogen and oxygen atoms in total. The normalized spacial score (nSPS) is 12.2. The topological polar surface area (TPSA) is 40.5 Å². The SMILES string of the molecule is Cc1cc(Cc2cccc(Cc3cc(C)cc(C(C)(C)C)c3O)c2)c(O)c(C(C)(C)C)c1. The number of aromatic hydroxyl groups is 2. The minimum absolute atomic E-state index is 0.111. The van der Waals surface area contributed by atoms with Gasteiger partial charge in [0.15, 0.2) is 0 Å². The Morgan fingerprint density at radius 1 is 0.594 bits per heavy atom. The molecule has 0 fully saturated rings. The van der Waals surface area contributed by atoms with Gasteiger partial charge in [-0.05, 0) is 58.1 Å². The highest BCUT2D eigenvalue weighted by atomic mass is 16.3. The molecule has 0 aliphatic heterocycles. The summed E-state index contributed by atoms with van der Waals surface area (Å²) in [5.41, 5.74) is 8.32. The standard InChI is InChI=1S/C30H38O2/c1-19-12-23(27(31)25(14-19)29(3,4)5)17-21-10-9-11-22(16-21)18-24-13-20(2)15-26(28(24)32)30(6,7)8/h9-16,31-32H,17-18H2,1-8H3. The van der Waals surface area contributed by atoms with Crippen LogP contribution in [0, 0.1) is 13.8 Å². The summed E-state index contributed by atoms with van der Waals surface area (Å²) in [4.78, 5) is 0. The zero-order valence-corrected chi connectivity index (χ0v) is 20.9. The van der Waals surface area contributed by atoms with Gasteiger partial charge < -0.3 is 10.2 Å².